The number of likely N-dealkylation sites (tertiary alicyclic amines) is 1. The van der Waals surface area contributed by atoms with Crippen LogP contribution in [-0.2, 0) is 14.4 Å². The maximum atomic E-state index is 15.4. The minimum absolute atomic E-state index is 0.128. The van der Waals surface area contributed by atoms with Gasteiger partial charge in [-0.25, -0.2) is 0 Å². The summed E-state index contributed by atoms with van der Waals surface area (Å²) in [7, 11) is 0. The molecule has 2 bridgehead atoms. The summed E-state index contributed by atoms with van der Waals surface area (Å²) in [6.07, 6.45) is 3.88. The molecule has 53 heavy (non-hydrogen) atoms. The predicted molar refractivity (Wildman–Crippen MR) is 218 cm³/mol. The van der Waals surface area contributed by atoms with E-state index in [1.54, 1.807) is 38.6 Å². The molecule has 6 rings (SSSR count). The molecule has 3 unspecified atom stereocenters. The Morgan fingerprint density at radius 2 is 1.49 bits per heavy atom. The summed E-state index contributed by atoms with van der Waals surface area (Å²) in [5, 5.41) is 10.8. The zero-order chi connectivity index (χ0) is 37.9. The molecule has 3 saturated heterocycles. The summed E-state index contributed by atoms with van der Waals surface area (Å²) in [6, 6.07) is 22.8. The molecular formula is C42H49BrN4O5S. The maximum absolute atomic E-state index is 15.4. The SMILES string of the molecule is C=CCN(C(=O)C1N([C@H](CO)c2ccccc2)C(=O)[C@@H]2[C@@H](C(=O)N(CC=C)c3ccc(OCC)cc3)[C@@H]3SC12CC3Br)c1ccc(N(CC)CC)cc1. The first-order chi connectivity index (χ1) is 25.7. The first-order valence-electron chi connectivity index (χ1n) is 18.4. The number of aliphatic hydroxyl groups is 1. The molecule has 3 aliphatic rings. The largest absolute Gasteiger partial charge is 0.494 e. The van der Waals surface area contributed by atoms with E-state index in [1.165, 1.54) is 0 Å². The van der Waals surface area contributed by atoms with Crippen LogP contribution in [0.2, 0.25) is 0 Å². The average Bonchev–Trinajstić information content (AvgIpc) is 3.78. The fourth-order valence-corrected chi connectivity index (χ4v) is 12.1. The number of ether oxygens (including phenoxy) is 1. The van der Waals surface area contributed by atoms with E-state index >= 15 is 9.59 Å². The lowest BCUT2D eigenvalue weighted by molar-refractivity contribution is -0.142. The topological polar surface area (TPSA) is 93.6 Å². The van der Waals surface area contributed by atoms with Gasteiger partial charge in [0.25, 0.3) is 5.91 Å². The second-order valence-electron chi connectivity index (χ2n) is 13.6. The molecule has 3 aliphatic heterocycles. The summed E-state index contributed by atoms with van der Waals surface area (Å²) >= 11 is 5.50. The van der Waals surface area contributed by atoms with Crippen LogP contribution in [0.3, 0.4) is 0 Å². The van der Waals surface area contributed by atoms with Crippen molar-refractivity contribution in [1.82, 2.24) is 4.90 Å². The number of nitrogens with zero attached hydrogens (tertiary/aromatic N) is 4. The van der Waals surface area contributed by atoms with Crippen LogP contribution in [0.5, 0.6) is 5.75 Å². The quantitative estimate of drug-likeness (QED) is 0.125. The molecule has 0 saturated carbocycles. The molecule has 0 aliphatic carbocycles. The van der Waals surface area contributed by atoms with E-state index in [-0.39, 0.29) is 47.5 Å². The highest BCUT2D eigenvalue weighted by atomic mass is 79.9. The van der Waals surface area contributed by atoms with Gasteiger partial charge in [-0.1, -0.05) is 58.4 Å². The Morgan fingerprint density at radius 3 is 2.04 bits per heavy atom. The number of amides is 3. The molecule has 1 N–H and O–H groups in total. The minimum Gasteiger partial charge on any atom is -0.494 e. The normalized spacial score (nSPS) is 24.7. The van der Waals surface area contributed by atoms with Gasteiger partial charge in [0, 0.05) is 53.3 Å². The summed E-state index contributed by atoms with van der Waals surface area (Å²) in [5.74, 6) is -1.58. The van der Waals surface area contributed by atoms with Crippen LogP contribution in [-0.4, -0.2) is 88.0 Å². The third kappa shape index (κ3) is 6.92. The Morgan fingerprint density at radius 1 is 0.925 bits per heavy atom. The number of rotatable bonds is 16. The highest BCUT2D eigenvalue weighted by Crippen LogP contribution is 2.69. The number of thioether (sulfide) groups is 1. The number of hydrogen-bond donors (Lipinski definition) is 1. The lowest BCUT2D eigenvalue weighted by Crippen LogP contribution is -2.56. The summed E-state index contributed by atoms with van der Waals surface area (Å²) in [4.78, 5) is 52.6. The summed E-state index contributed by atoms with van der Waals surface area (Å²) in [6.45, 7) is 16.3. The molecule has 280 valence electrons. The monoisotopic (exact) mass is 800 g/mol. The molecule has 0 radical (unpaired) electrons. The van der Waals surface area contributed by atoms with Crippen molar-refractivity contribution >= 4 is 62.5 Å². The Kier molecular flexibility index (Phi) is 12.1. The van der Waals surface area contributed by atoms with Crippen LogP contribution in [0.4, 0.5) is 17.1 Å². The Balaban J connectivity index is 1.45. The summed E-state index contributed by atoms with van der Waals surface area (Å²) in [5.41, 5.74) is 3.13. The van der Waals surface area contributed by atoms with E-state index in [2.05, 4.69) is 47.8 Å². The van der Waals surface area contributed by atoms with Crippen molar-refractivity contribution in [1.29, 1.82) is 0 Å². The van der Waals surface area contributed by atoms with Crippen LogP contribution in [0, 0.1) is 11.8 Å². The lowest BCUT2D eigenvalue weighted by Gasteiger charge is -2.40. The van der Waals surface area contributed by atoms with Crippen molar-refractivity contribution < 1.29 is 24.2 Å². The van der Waals surface area contributed by atoms with Gasteiger partial charge >= 0.3 is 0 Å². The number of aliphatic hydroxyl groups excluding tert-OH is 1. The number of anilines is 3. The second kappa shape index (κ2) is 16.5. The fourth-order valence-electron chi connectivity index (χ4n) is 8.55. The van der Waals surface area contributed by atoms with Gasteiger partial charge in [-0.05, 0) is 81.3 Å². The van der Waals surface area contributed by atoms with Gasteiger partial charge in [0.15, 0.2) is 0 Å². The Hall–Kier alpha value is -4.06. The van der Waals surface area contributed by atoms with E-state index in [1.807, 2.05) is 85.8 Å². The van der Waals surface area contributed by atoms with Gasteiger partial charge in [-0.15, -0.1) is 24.9 Å². The third-order valence-electron chi connectivity index (χ3n) is 10.8. The van der Waals surface area contributed by atoms with Crippen LogP contribution in [0.1, 0.15) is 38.8 Å². The highest BCUT2D eigenvalue weighted by Gasteiger charge is 2.76. The highest BCUT2D eigenvalue weighted by molar-refractivity contribution is 9.09. The van der Waals surface area contributed by atoms with Crippen molar-refractivity contribution in [3.05, 3.63) is 110 Å². The van der Waals surface area contributed by atoms with Gasteiger partial charge < -0.3 is 29.4 Å². The molecule has 9 nitrogen and oxygen atoms in total. The first-order valence-corrected chi connectivity index (χ1v) is 20.2. The average molecular weight is 802 g/mol. The zero-order valence-corrected chi connectivity index (χ0v) is 33.0. The zero-order valence-electron chi connectivity index (χ0n) is 30.6. The van der Waals surface area contributed by atoms with Crippen LogP contribution < -0.4 is 19.4 Å². The molecule has 3 fully saturated rings. The molecule has 3 amide bonds. The molecule has 3 aromatic rings. The summed E-state index contributed by atoms with van der Waals surface area (Å²) < 4.78 is 4.71. The predicted octanol–water partition coefficient (Wildman–Crippen LogP) is 6.87. The maximum Gasteiger partial charge on any atom is 0.251 e. The van der Waals surface area contributed by atoms with Crippen LogP contribution in [0.25, 0.3) is 0 Å². The number of carbonyl (C=O) groups excluding carboxylic acids is 3. The van der Waals surface area contributed by atoms with Gasteiger partial charge in [0.2, 0.25) is 11.8 Å². The third-order valence-corrected chi connectivity index (χ3v) is 14.1. The number of hydrogen-bond acceptors (Lipinski definition) is 7. The number of benzene rings is 3. The molecule has 7 atom stereocenters. The fraction of sp³-hybridized carbons (Fsp3) is 0.405. The van der Waals surface area contributed by atoms with Crippen molar-refractivity contribution in [2.75, 3.05) is 54.1 Å². The Bertz CT molecular complexity index is 1790. The van der Waals surface area contributed by atoms with E-state index < -0.39 is 28.7 Å². The van der Waals surface area contributed by atoms with E-state index in [0.29, 0.717) is 30.2 Å². The molecule has 1 spiro atoms. The number of alkyl halides is 1. The molecule has 3 heterocycles. The van der Waals surface area contributed by atoms with Crippen molar-refractivity contribution in [2.24, 2.45) is 11.8 Å². The van der Waals surface area contributed by atoms with E-state index in [9.17, 15) is 9.90 Å². The lowest BCUT2D eigenvalue weighted by atomic mass is 9.70. The van der Waals surface area contributed by atoms with E-state index in [0.717, 1.165) is 24.3 Å². The van der Waals surface area contributed by atoms with Gasteiger partial charge in [0.1, 0.15) is 11.8 Å². The molecule has 11 heteroatoms. The number of carbonyl (C=O) groups is 3. The van der Waals surface area contributed by atoms with Gasteiger partial charge in [-0.2, -0.15) is 0 Å². The van der Waals surface area contributed by atoms with Crippen molar-refractivity contribution in [3.63, 3.8) is 0 Å². The van der Waals surface area contributed by atoms with Crippen molar-refractivity contribution in [2.45, 2.75) is 54.1 Å². The molecule has 3 aromatic carbocycles. The molecular weight excluding hydrogens is 752 g/mol. The smallest absolute Gasteiger partial charge is 0.251 e. The minimum atomic E-state index is -0.967. The van der Waals surface area contributed by atoms with Crippen LogP contribution in [0.15, 0.2) is 104 Å². The molecule has 0 aromatic heterocycles. The second-order valence-corrected chi connectivity index (χ2v) is 16.3. The van der Waals surface area contributed by atoms with Crippen LogP contribution >= 0.6 is 27.7 Å². The first kappa shape index (κ1) is 38.7. The van der Waals surface area contributed by atoms with Crippen molar-refractivity contribution in [3.8, 4) is 5.75 Å². The number of halogens is 1. The van der Waals surface area contributed by atoms with E-state index in [4.69, 9.17) is 4.74 Å². The standard InChI is InChI=1S/C42H49BrN4O5S/c1-6-24-45(31-20-22-32(23-21-31)52-10-5)39(49)35-36-40(50)47(34(27-48)28-14-12-11-13-15-28)38(42(36)26-33(43)37(35)53-42)41(51)46(25-7-2)30-18-16-29(17-19-30)44(8-3)9-4/h6-7,11-23,33-38,48H,1-2,8-10,24-27H2,3-5H3/t33?,34-,35-,36+,37-,38?,42?/m1/s1. The van der Waals surface area contributed by atoms with Gasteiger partial charge in [0.05, 0.1) is 35.8 Å². The van der Waals surface area contributed by atoms with Gasteiger partial charge in [-0.3, -0.25) is 14.4 Å². The Labute approximate surface area is 325 Å². The number of fused-ring (bicyclic) bond motifs is 1.